The maximum absolute atomic E-state index is 12.4. The third-order valence-electron chi connectivity index (χ3n) is 5.19. The smallest absolute Gasteiger partial charge is 0.255 e. The Balaban J connectivity index is 1.52. The molecule has 3 rings (SSSR count). The van der Waals surface area contributed by atoms with E-state index in [1.165, 1.54) is 12.8 Å². The second-order valence-corrected chi connectivity index (χ2v) is 7.76. The van der Waals surface area contributed by atoms with Gasteiger partial charge in [0.25, 0.3) is 5.91 Å². The van der Waals surface area contributed by atoms with E-state index in [2.05, 4.69) is 22.6 Å². The molecule has 0 spiro atoms. The first-order valence-electron chi connectivity index (χ1n) is 9.96. The molecule has 0 aromatic heterocycles. The number of carbonyl (C=O) groups excluding carboxylic acids is 2. The fraction of sp³-hybridized carbons (Fsp3) is 0.391. The Morgan fingerprint density at radius 1 is 1.07 bits per heavy atom. The lowest BCUT2D eigenvalue weighted by Gasteiger charge is -2.29. The van der Waals surface area contributed by atoms with Crippen LogP contribution in [-0.4, -0.2) is 36.9 Å². The number of amides is 2. The van der Waals surface area contributed by atoms with Gasteiger partial charge in [0.2, 0.25) is 5.91 Å². The highest BCUT2D eigenvalue weighted by molar-refractivity contribution is 6.04. The van der Waals surface area contributed by atoms with E-state index >= 15 is 0 Å². The van der Waals surface area contributed by atoms with Gasteiger partial charge in [0, 0.05) is 29.9 Å². The highest BCUT2D eigenvalue weighted by Crippen LogP contribution is 2.21. The van der Waals surface area contributed by atoms with Crippen LogP contribution in [0.3, 0.4) is 0 Å². The normalized spacial score (nSPS) is 17.1. The molecule has 1 saturated heterocycles. The van der Waals surface area contributed by atoms with Crippen LogP contribution in [0.2, 0.25) is 0 Å². The molecule has 5 heteroatoms. The number of benzene rings is 2. The minimum absolute atomic E-state index is 0.0235. The first-order valence-corrected chi connectivity index (χ1v) is 9.96. The van der Waals surface area contributed by atoms with Crippen molar-refractivity contribution >= 4 is 23.2 Å². The molecule has 2 aromatic carbocycles. The van der Waals surface area contributed by atoms with Crippen LogP contribution in [0.4, 0.5) is 11.4 Å². The van der Waals surface area contributed by atoms with Crippen LogP contribution in [0, 0.1) is 12.8 Å². The first kappa shape index (κ1) is 20.1. The van der Waals surface area contributed by atoms with Gasteiger partial charge in [-0.25, -0.2) is 0 Å². The third-order valence-corrected chi connectivity index (χ3v) is 5.19. The van der Waals surface area contributed by atoms with Gasteiger partial charge in [0.15, 0.2) is 0 Å². The van der Waals surface area contributed by atoms with E-state index in [0.717, 1.165) is 25.1 Å². The second-order valence-electron chi connectivity index (χ2n) is 7.76. The van der Waals surface area contributed by atoms with Gasteiger partial charge < -0.3 is 15.5 Å². The third kappa shape index (κ3) is 5.92. The average molecular weight is 380 g/mol. The van der Waals surface area contributed by atoms with Crippen molar-refractivity contribution < 1.29 is 9.59 Å². The Morgan fingerprint density at radius 2 is 1.82 bits per heavy atom. The molecule has 2 N–H and O–H groups in total. The SMILES string of the molecule is Cc1cccc(C(=O)Nc2cccc(NC(=O)CCC3CCCN(C)C3)c2)c1. The molecule has 1 aliphatic rings. The Kier molecular flexibility index (Phi) is 6.82. The van der Waals surface area contributed by atoms with Crippen molar-refractivity contribution in [2.45, 2.75) is 32.6 Å². The Hall–Kier alpha value is -2.66. The van der Waals surface area contributed by atoms with E-state index in [-0.39, 0.29) is 11.8 Å². The van der Waals surface area contributed by atoms with Crippen LogP contribution in [0.1, 0.15) is 41.6 Å². The number of rotatable bonds is 6. The molecule has 0 radical (unpaired) electrons. The molecule has 5 nitrogen and oxygen atoms in total. The van der Waals surface area contributed by atoms with E-state index in [1.807, 2.05) is 43.3 Å². The van der Waals surface area contributed by atoms with Gasteiger partial charge in [-0.05, 0) is 76.0 Å². The number of hydrogen-bond acceptors (Lipinski definition) is 3. The summed E-state index contributed by atoms with van der Waals surface area (Å²) in [7, 11) is 2.14. The van der Waals surface area contributed by atoms with Crippen molar-refractivity contribution in [3.8, 4) is 0 Å². The molecular formula is C23H29N3O2. The van der Waals surface area contributed by atoms with Crippen LogP contribution >= 0.6 is 0 Å². The van der Waals surface area contributed by atoms with Crippen molar-refractivity contribution in [2.75, 3.05) is 30.8 Å². The number of nitrogens with zero attached hydrogens (tertiary/aromatic N) is 1. The molecule has 2 amide bonds. The van der Waals surface area contributed by atoms with Crippen molar-refractivity contribution in [3.63, 3.8) is 0 Å². The van der Waals surface area contributed by atoms with E-state index in [0.29, 0.717) is 29.3 Å². The van der Waals surface area contributed by atoms with E-state index in [9.17, 15) is 9.59 Å². The van der Waals surface area contributed by atoms with Crippen LogP contribution in [-0.2, 0) is 4.79 Å². The monoisotopic (exact) mass is 379 g/mol. The summed E-state index contributed by atoms with van der Waals surface area (Å²) in [6.07, 6.45) is 3.86. The number of anilines is 2. The summed E-state index contributed by atoms with van der Waals surface area (Å²) in [5.41, 5.74) is 3.02. The Labute approximate surface area is 167 Å². The highest BCUT2D eigenvalue weighted by atomic mass is 16.2. The number of carbonyl (C=O) groups is 2. The fourth-order valence-corrected chi connectivity index (χ4v) is 3.73. The van der Waals surface area contributed by atoms with Crippen LogP contribution in [0.25, 0.3) is 0 Å². The quantitative estimate of drug-likeness (QED) is 0.786. The van der Waals surface area contributed by atoms with E-state index < -0.39 is 0 Å². The number of hydrogen-bond donors (Lipinski definition) is 2. The summed E-state index contributed by atoms with van der Waals surface area (Å²) in [5, 5.41) is 5.84. The Bertz CT molecular complexity index is 834. The van der Waals surface area contributed by atoms with E-state index in [4.69, 9.17) is 0 Å². The standard InChI is InChI=1S/C23H29N3O2/c1-17-6-3-8-19(14-17)23(28)25-21-10-4-9-20(15-21)24-22(27)12-11-18-7-5-13-26(2)16-18/h3-4,6,8-10,14-15,18H,5,7,11-13,16H2,1-2H3,(H,24,27)(H,25,28). The topological polar surface area (TPSA) is 61.4 Å². The lowest BCUT2D eigenvalue weighted by atomic mass is 9.93. The molecule has 0 aliphatic carbocycles. The summed E-state index contributed by atoms with van der Waals surface area (Å²) in [4.78, 5) is 27.1. The predicted octanol–water partition coefficient (Wildman–Crippen LogP) is 4.31. The molecule has 1 atom stereocenters. The van der Waals surface area contributed by atoms with Crippen LogP contribution in [0.15, 0.2) is 48.5 Å². The second kappa shape index (κ2) is 9.51. The molecule has 1 aliphatic heterocycles. The maximum atomic E-state index is 12.4. The van der Waals surface area contributed by atoms with Crippen molar-refractivity contribution in [1.29, 1.82) is 0 Å². The lowest BCUT2D eigenvalue weighted by molar-refractivity contribution is -0.116. The molecule has 1 unspecified atom stereocenters. The van der Waals surface area contributed by atoms with Crippen LogP contribution in [0.5, 0.6) is 0 Å². The number of piperidine rings is 1. The predicted molar refractivity (Wildman–Crippen MR) is 114 cm³/mol. The highest BCUT2D eigenvalue weighted by Gasteiger charge is 2.18. The number of aryl methyl sites for hydroxylation is 1. The molecule has 0 bridgehead atoms. The zero-order valence-corrected chi connectivity index (χ0v) is 16.7. The van der Waals surface area contributed by atoms with Crippen molar-refractivity contribution in [3.05, 3.63) is 59.7 Å². The summed E-state index contributed by atoms with van der Waals surface area (Å²) >= 11 is 0. The minimum Gasteiger partial charge on any atom is -0.326 e. The van der Waals surface area contributed by atoms with Crippen molar-refractivity contribution in [1.82, 2.24) is 4.90 Å². The molecule has 0 saturated carbocycles. The summed E-state index contributed by atoms with van der Waals surface area (Å²) in [5.74, 6) is 0.466. The molecule has 2 aromatic rings. The van der Waals surface area contributed by atoms with Gasteiger partial charge in [-0.2, -0.15) is 0 Å². The zero-order valence-electron chi connectivity index (χ0n) is 16.7. The first-order chi connectivity index (χ1) is 13.5. The molecule has 1 heterocycles. The molecule has 28 heavy (non-hydrogen) atoms. The molecular weight excluding hydrogens is 350 g/mol. The molecule has 1 fully saturated rings. The van der Waals surface area contributed by atoms with E-state index in [1.54, 1.807) is 12.1 Å². The number of likely N-dealkylation sites (tertiary alicyclic amines) is 1. The zero-order chi connectivity index (χ0) is 19.9. The summed E-state index contributed by atoms with van der Waals surface area (Å²) < 4.78 is 0. The van der Waals surface area contributed by atoms with Gasteiger partial charge >= 0.3 is 0 Å². The Morgan fingerprint density at radius 3 is 2.57 bits per heavy atom. The minimum atomic E-state index is -0.159. The van der Waals surface area contributed by atoms with Crippen molar-refractivity contribution in [2.24, 2.45) is 5.92 Å². The molecule has 148 valence electrons. The van der Waals surface area contributed by atoms with Gasteiger partial charge in [-0.15, -0.1) is 0 Å². The summed E-state index contributed by atoms with van der Waals surface area (Å²) in [6, 6.07) is 14.7. The maximum Gasteiger partial charge on any atom is 0.255 e. The lowest BCUT2D eigenvalue weighted by Crippen LogP contribution is -2.32. The van der Waals surface area contributed by atoms with Gasteiger partial charge in [0.1, 0.15) is 0 Å². The largest absolute Gasteiger partial charge is 0.326 e. The van der Waals surface area contributed by atoms with Gasteiger partial charge in [-0.1, -0.05) is 23.8 Å². The fourth-order valence-electron chi connectivity index (χ4n) is 3.73. The van der Waals surface area contributed by atoms with Gasteiger partial charge in [0.05, 0.1) is 0 Å². The average Bonchev–Trinajstić information content (AvgIpc) is 2.67. The van der Waals surface area contributed by atoms with Gasteiger partial charge in [-0.3, -0.25) is 9.59 Å². The van der Waals surface area contributed by atoms with Crippen LogP contribution < -0.4 is 10.6 Å². The number of nitrogens with one attached hydrogen (secondary N) is 2. The summed E-state index contributed by atoms with van der Waals surface area (Å²) in [6.45, 7) is 4.19.